The summed E-state index contributed by atoms with van der Waals surface area (Å²) in [4.78, 5) is 33.5. The summed E-state index contributed by atoms with van der Waals surface area (Å²) in [6.45, 7) is 1.50. The molecule has 2 aromatic rings. The number of aryl methyl sites for hydroxylation is 1. The van der Waals surface area contributed by atoms with Crippen LogP contribution in [-0.4, -0.2) is 23.3 Å². The molecule has 0 aliphatic rings. The molecular formula is C16H14ClN3O5. The minimum atomic E-state index is -0.606. The molecule has 8 nitrogen and oxygen atoms in total. The lowest BCUT2D eigenvalue weighted by Crippen LogP contribution is -2.43. The smallest absolute Gasteiger partial charge is 0.276 e. The number of hydrogen-bond acceptors (Lipinski definition) is 5. The van der Waals surface area contributed by atoms with Gasteiger partial charge in [0.25, 0.3) is 17.5 Å². The van der Waals surface area contributed by atoms with Crippen LogP contribution in [0.25, 0.3) is 0 Å². The maximum absolute atomic E-state index is 11.8. The summed E-state index contributed by atoms with van der Waals surface area (Å²) >= 11 is 5.89. The van der Waals surface area contributed by atoms with Gasteiger partial charge < -0.3 is 4.74 Å². The first-order valence-corrected chi connectivity index (χ1v) is 7.47. The van der Waals surface area contributed by atoms with Crippen LogP contribution in [0.15, 0.2) is 42.5 Å². The molecule has 130 valence electrons. The Morgan fingerprint density at radius 1 is 1.16 bits per heavy atom. The van der Waals surface area contributed by atoms with Crippen LogP contribution in [0.4, 0.5) is 5.69 Å². The molecule has 0 heterocycles. The van der Waals surface area contributed by atoms with Crippen LogP contribution in [-0.2, 0) is 4.79 Å². The van der Waals surface area contributed by atoms with E-state index in [0.717, 1.165) is 5.56 Å². The molecule has 0 aliphatic carbocycles. The van der Waals surface area contributed by atoms with E-state index in [1.54, 1.807) is 25.1 Å². The van der Waals surface area contributed by atoms with Gasteiger partial charge in [-0.05, 0) is 42.8 Å². The first-order valence-electron chi connectivity index (χ1n) is 7.09. The lowest BCUT2D eigenvalue weighted by atomic mass is 10.2. The molecule has 0 saturated carbocycles. The number of hydrogen-bond donors (Lipinski definition) is 2. The Bertz CT molecular complexity index is 808. The predicted molar refractivity (Wildman–Crippen MR) is 90.4 cm³/mol. The molecule has 0 atom stereocenters. The molecule has 0 aromatic heterocycles. The SMILES string of the molecule is Cc1cc(OCC(=O)NNC(=O)c2ccc([N+](=O)[O-])cc2)ccc1Cl. The molecule has 0 unspecified atom stereocenters. The number of carbonyl (C=O) groups is 2. The molecule has 0 saturated heterocycles. The largest absolute Gasteiger partial charge is 0.484 e. The number of rotatable bonds is 5. The average molecular weight is 364 g/mol. The van der Waals surface area contributed by atoms with E-state index in [1.807, 2.05) is 0 Å². The highest BCUT2D eigenvalue weighted by Crippen LogP contribution is 2.20. The summed E-state index contributed by atoms with van der Waals surface area (Å²) in [5.74, 6) is -0.702. The highest BCUT2D eigenvalue weighted by molar-refractivity contribution is 6.31. The first kappa shape index (κ1) is 18.2. The van der Waals surface area contributed by atoms with Gasteiger partial charge in [0.05, 0.1) is 4.92 Å². The zero-order valence-corrected chi connectivity index (χ0v) is 13.9. The number of benzene rings is 2. The van der Waals surface area contributed by atoms with Crippen molar-refractivity contribution < 1.29 is 19.2 Å². The number of amides is 2. The predicted octanol–water partition coefficient (Wildman–Crippen LogP) is 2.40. The topological polar surface area (TPSA) is 111 Å². The number of carbonyl (C=O) groups excluding carboxylic acids is 2. The zero-order valence-electron chi connectivity index (χ0n) is 13.1. The van der Waals surface area contributed by atoms with Crippen molar-refractivity contribution in [2.24, 2.45) is 0 Å². The quantitative estimate of drug-likeness (QED) is 0.626. The van der Waals surface area contributed by atoms with Crippen LogP contribution in [0.5, 0.6) is 5.75 Å². The van der Waals surface area contributed by atoms with Gasteiger partial charge in [-0.25, -0.2) is 0 Å². The van der Waals surface area contributed by atoms with Crippen LogP contribution in [0.3, 0.4) is 0 Å². The van der Waals surface area contributed by atoms with Gasteiger partial charge >= 0.3 is 0 Å². The number of halogens is 1. The van der Waals surface area contributed by atoms with E-state index in [2.05, 4.69) is 10.9 Å². The van der Waals surface area contributed by atoms with Gasteiger partial charge in [0.2, 0.25) is 0 Å². The van der Waals surface area contributed by atoms with E-state index in [0.29, 0.717) is 10.8 Å². The molecule has 0 spiro atoms. The fraction of sp³-hybridized carbons (Fsp3) is 0.125. The van der Waals surface area contributed by atoms with Gasteiger partial charge in [-0.3, -0.25) is 30.6 Å². The standard InChI is InChI=1S/C16H14ClN3O5/c1-10-8-13(6-7-14(10)17)25-9-15(21)18-19-16(22)11-2-4-12(5-3-11)20(23)24/h2-8H,9H2,1H3,(H,18,21)(H,19,22). The van der Waals surface area contributed by atoms with Gasteiger partial charge in [-0.2, -0.15) is 0 Å². The van der Waals surface area contributed by atoms with Gasteiger partial charge in [-0.1, -0.05) is 11.6 Å². The molecule has 2 aromatic carbocycles. The molecule has 0 aliphatic heterocycles. The Hall–Kier alpha value is -3.13. The van der Waals surface area contributed by atoms with Gasteiger partial charge in [0, 0.05) is 22.7 Å². The summed E-state index contributed by atoms with van der Waals surface area (Å²) in [5, 5.41) is 11.1. The monoisotopic (exact) mass is 363 g/mol. The van der Waals surface area contributed by atoms with Crippen LogP contribution in [0.2, 0.25) is 5.02 Å². The Morgan fingerprint density at radius 2 is 1.84 bits per heavy atom. The van der Waals surface area contributed by atoms with E-state index in [4.69, 9.17) is 16.3 Å². The minimum absolute atomic E-state index is 0.132. The minimum Gasteiger partial charge on any atom is -0.484 e. The summed E-state index contributed by atoms with van der Waals surface area (Å²) in [5.41, 5.74) is 5.23. The average Bonchev–Trinajstić information content (AvgIpc) is 2.60. The molecule has 2 amide bonds. The number of hydrazine groups is 1. The third-order valence-electron chi connectivity index (χ3n) is 3.16. The molecule has 0 radical (unpaired) electrons. The summed E-state index contributed by atoms with van der Waals surface area (Å²) in [6.07, 6.45) is 0. The Kier molecular flexibility index (Phi) is 5.91. The Morgan fingerprint density at radius 3 is 2.44 bits per heavy atom. The van der Waals surface area contributed by atoms with Crippen molar-refractivity contribution in [1.29, 1.82) is 0 Å². The summed E-state index contributed by atoms with van der Waals surface area (Å²) in [7, 11) is 0. The van der Waals surface area contributed by atoms with Crippen LogP contribution < -0.4 is 15.6 Å². The molecule has 9 heteroatoms. The lowest BCUT2D eigenvalue weighted by molar-refractivity contribution is -0.384. The second-order valence-corrected chi connectivity index (χ2v) is 5.41. The van der Waals surface area contributed by atoms with Crippen LogP contribution >= 0.6 is 11.6 Å². The van der Waals surface area contributed by atoms with Gasteiger partial charge in [-0.15, -0.1) is 0 Å². The fourth-order valence-corrected chi connectivity index (χ4v) is 1.94. The fourth-order valence-electron chi connectivity index (χ4n) is 1.83. The lowest BCUT2D eigenvalue weighted by Gasteiger charge is -2.09. The van der Waals surface area contributed by atoms with E-state index in [-0.39, 0.29) is 17.9 Å². The molecule has 0 fully saturated rings. The second kappa shape index (κ2) is 8.11. The maximum Gasteiger partial charge on any atom is 0.276 e. The second-order valence-electron chi connectivity index (χ2n) is 5.01. The van der Waals surface area contributed by atoms with Crippen molar-refractivity contribution in [3.8, 4) is 5.75 Å². The Balaban J connectivity index is 1.81. The number of nitrogens with one attached hydrogen (secondary N) is 2. The summed E-state index contributed by atoms with van der Waals surface area (Å²) in [6, 6.07) is 9.92. The van der Waals surface area contributed by atoms with Crippen molar-refractivity contribution >= 4 is 29.1 Å². The van der Waals surface area contributed by atoms with Crippen molar-refractivity contribution in [2.45, 2.75) is 6.92 Å². The number of ether oxygens (including phenoxy) is 1. The number of nitro benzene ring substituents is 1. The van der Waals surface area contributed by atoms with Gasteiger partial charge in [0.1, 0.15) is 5.75 Å². The van der Waals surface area contributed by atoms with E-state index >= 15 is 0 Å². The van der Waals surface area contributed by atoms with Crippen LogP contribution in [0, 0.1) is 17.0 Å². The van der Waals surface area contributed by atoms with Crippen molar-refractivity contribution in [2.75, 3.05) is 6.61 Å². The van der Waals surface area contributed by atoms with Gasteiger partial charge in [0.15, 0.2) is 6.61 Å². The molecular weight excluding hydrogens is 350 g/mol. The van der Waals surface area contributed by atoms with E-state index in [9.17, 15) is 19.7 Å². The number of non-ortho nitro benzene ring substituents is 1. The van der Waals surface area contributed by atoms with E-state index < -0.39 is 16.7 Å². The third kappa shape index (κ3) is 5.18. The van der Waals surface area contributed by atoms with Crippen molar-refractivity contribution in [3.05, 3.63) is 68.7 Å². The Labute approximate surface area is 147 Å². The van der Waals surface area contributed by atoms with Crippen molar-refractivity contribution in [1.82, 2.24) is 10.9 Å². The summed E-state index contributed by atoms with van der Waals surface area (Å²) < 4.78 is 5.29. The molecule has 2 rings (SSSR count). The number of nitro groups is 1. The first-order chi connectivity index (χ1) is 11.9. The van der Waals surface area contributed by atoms with Crippen LogP contribution in [0.1, 0.15) is 15.9 Å². The highest BCUT2D eigenvalue weighted by Gasteiger charge is 2.10. The number of nitrogens with zero attached hydrogens (tertiary/aromatic N) is 1. The zero-order chi connectivity index (χ0) is 18.4. The molecule has 2 N–H and O–H groups in total. The molecule has 0 bridgehead atoms. The van der Waals surface area contributed by atoms with E-state index in [1.165, 1.54) is 24.3 Å². The van der Waals surface area contributed by atoms with Crippen molar-refractivity contribution in [3.63, 3.8) is 0 Å². The highest BCUT2D eigenvalue weighted by atomic mass is 35.5. The maximum atomic E-state index is 11.8. The molecule has 25 heavy (non-hydrogen) atoms. The normalized spacial score (nSPS) is 10.0. The third-order valence-corrected chi connectivity index (χ3v) is 3.58.